The fraction of sp³-hybridized carbons (Fsp3) is 0.450. The fourth-order valence-electron chi connectivity index (χ4n) is 4.14. The SMILES string of the molecule is CC(=O)N(Cc1ccsc1)[C@H]1CC12CCN(c1ccc(C#N)cn1)CC2. The molecule has 1 aliphatic carbocycles. The zero-order valence-electron chi connectivity index (χ0n) is 14.9. The molecule has 3 heterocycles. The van der Waals surface area contributed by atoms with Crippen molar-refractivity contribution < 1.29 is 4.79 Å². The average Bonchev–Trinajstić information content (AvgIpc) is 3.09. The van der Waals surface area contributed by atoms with Crippen molar-refractivity contribution in [3.8, 4) is 6.07 Å². The lowest BCUT2D eigenvalue weighted by atomic mass is 9.92. The summed E-state index contributed by atoms with van der Waals surface area (Å²) in [6, 6.07) is 8.34. The van der Waals surface area contributed by atoms with Gasteiger partial charge in [-0.2, -0.15) is 16.6 Å². The third kappa shape index (κ3) is 3.19. The van der Waals surface area contributed by atoms with E-state index >= 15 is 0 Å². The molecule has 1 saturated carbocycles. The first kappa shape index (κ1) is 17.0. The van der Waals surface area contributed by atoms with Crippen LogP contribution in [0, 0.1) is 16.7 Å². The maximum atomic E-state index is 12.2. The Balaban J connectivity index is 1.39. The molecule has 1 amide bonds. The predicted octanol–water partition coefficient (Wildman–Crippen LogP) is 3.42. The van der Waals surface area contributed by atoms with Crippen LogP contribution in [0.25, 0.3) is 0 Å². The molecule has 1 spiro atoms. The number of carbonyl (C=O) groups excluding carboxylic acids is 1. The minimum atomic E-state index is 0.175. The van der Waals surface area contributed by atoms with Gasteiger partial charge in [-0.05, 0) is 59.2 Å². The Morgan fingerprint density at radius 1 is 1.42 bits per heavy atom. The van der Waals surface area contributed by atoms with E-state index < -0.39 is 0 Å². The Morgan fingerprint density at radius 3 is 2.81 bits per heavy atom. The second kappa shape index (κ2) is 6.73. The van der Waals surface area contributed by atoms with Crippen molar-refractivity contribution in [1.82, 2.24) is 9.88 Å². The molecule has 1 aliphatic heterocycles. The van der Waals surface area contributed by atoms with Crippen LogP contribution in [0.5, 0.6) is 0 Å². The van der Waals surface area contributed by atoms with Crippen LogP contribution in [-0.2, 0) is 11.3 Å². The zero-order valence-corrected chi connectivity index (χ0v) is 15.7. The number of piperidine rings is 1. The van der Waals surface area contributed by atoms with Crippen LogP contribution in [0.4, 0.5) is 5.82 Å². The lowest BCUT2D eigenvalue weighted by molar-refractivity contribution is -0.130. The van der Waals surface area contributed by atoms with Gasteiger partial charge in [0.05, 0.1) is 5.56 Å². The molecule has 6 heteroatoms. The second-order valence-corrected chi connectivity index (χ2v) is 8.14. The van der Waals surface area contributed by atoms with E-state index in [2.05, 4.69) is 37.7 Å². The van der Waals surface area contributed by atoms with Gasteiger partial charge < -0.3 is 9.80 Å². The quantitative estimate of drug-likeness (QED) is 0.832. The lowest BCUT2D eigenvalue weighted by Crippen LogP contribution is -2.40. The standard InChI is InChI=1S/C20H22N4OS/c1-15(25)24(13-17-4-9-26-14-17)18-10-20(18)5-7-23(8-6-20)19-3-2-16(11-21)12-22-19/h2-4,9,12,14,18H,5-8,10,13H2,1H3/t18-/m0/s1. The van der Waals surface area contributed by atoms with E-state index in [-0.39, 0.29) is 11.3 Å². The van der Waals surface area contributed by atoms with Crippen molar-refractivity contribution >= 4 is 23.1 Å². The number of rotatable bonds is 4. The number of hydrogen-bond donors (Lipinski definition) is 0. The number of hydrogen-bond acceptors (Lipinski definition) is 5. The van der Waals surface area contributed by atoms with E-state index in [1.54, 1.807) is 24.5 Å². The van der Waals surface area contributed by atoms with E-state index in [9.17, 15) is 4.79 Å². The molecule has 0 unspecified atom stereocenters. The van der Waals surface area contributed by atoms with Gasteiger partial charge in [0.25, 0.3) is 0 Å². The van der Waals surface area contributed by atoms with E-state index in [1.807, 2.05) is 12.1 Å². The summed E-state index contributed by atoms with van der Waals surface area (Å²) in [5.74, 6) is 1.12. The number of anilines is 1. The summed E-state index contributed by atoms with van der Waals surface area (Å²) in [5, 5.41) is 13.1. The molecular weight excluding hydrogens is 344 g/mol. The second-order valence-electron chi connectivity index (χ2n) is 7.36. The van der Waals surface area contributed by atoms with E-state index in [0.29, 0.717) is 11.6 Å². The average molecular weight is 366 g/mol. The highest BCUT2D eigenvalue weighted by atomic mass is 32.1. The van der Waals surface area contributed by atoms with Crippen molar-refractivity contribution in [3.63, 3.8) is 0 Å². The first-order valence-electron chi connectivity index (χ1n) is 9.01. The van der Waals surface area contributed by atoms with Crippen LogP contribution in [0.1, 0.15) is 37.3 Å². The van der Waals surface area contributed by atoms with Gasteiger partial charge in [0.1, 0.15) is 11.9 Å². The fourth-order valence-corrected chi connectivity index (χ4v) is 4.80. The van der Waals surface area contributed by atoms with Crippen LogP contribution < -0.4 is 4.90 Å². The molecular formula is C20H22N4OS. The molecule has 2 fully saturated rings. The van der Waals surface area contributed by atoms with Crippen molar-refractivity contribution in [3.05, 3.63) is 46.3 Å². The predicted molar refractivity (Wildman–Crippen MR) is 102 cm³/mol. The molecule has 0 radical (unpaired) electrons. The maximum Gasteiger partial charge on any atom is 0.220 e. The molecule has 0 N–H and O–H groups in total. The number of nitrogens with zero attached hydrogens (tertiary/aromatic N) is 4. The summed E-state index contributed by atoms with van der Waals surface area (Å²) in [6.07, 6.45) is 4.93. The summed E-state index contributed by atoms with van der Waals surface area (Å²) in [4.78, 5) is 21.0. The number of amides is 1. The van der Waals surface area contributed by atoms with Crippen molar-refractivity contribution in [2.75, 3.05) is 18.0 Å². The van der Waals surface area contributed by atoms with Crippen molar-refractivity contribution in [2.24, 2.45) is 5.41 Å². The van der Waals surface area contributed by atoms with Crippen LogP contribution in [0.3, 0.4) is 0 Å². The highest BCUT2D eigenvalue weighted by Crippen LogP contribution is 2.57. The van der Waals surface area contributed by atoms with Gasteiger partial charge in [0, 0.05) is 38.8 Å². The third-order valence-electron chi connectivity index (χ3n) is 5.82. The molecule has 1 saturated heterocycles. The molecule has 2 aliphatic rings. The molecule has 26 heavy (non-hydrogen) atoms. The number of aromatic nitrogens is 1. The highest BCUT2D eigenvalue weighted by molar-refractivity contribution is 7.07. The summed E-state index contributed by atoms with van der Waals surface area (Å²) >= 11 is 1.68. The first-order chi connectivity index (χ1) is 12.6. The summed E-state index contributed by atoms with van der Waals surface area (Å²) < 4.78 is 0. The number of pyridine rings is 1. The first-order valence-corrected chi connectivity index (χ1v) is 9.95. The lowest BCUT2D eigenvalue weighted by Gasteiger charge is -2.35. The van der Waals surface area contributed by atoms with Crippen molar-refractivity contribution in [2.45, 2.75) is 38.8 Å². The van der Waals surface area contributed by atoms with Gasteiger partial charge in [0.2, 0.25) is 5.91 Å². The Kier molecular flexibility index (Phi) is 4.41. The third-order valence-corrected chi connectivity index (χ3v) is 6.55. The Hall–Kier alpha value is -2.39. The molecule has 5 nitrogen and oxygen atoms in total. The number of thiophene rings is 1. The Morgan fingerprint density at radius 2 is 2.23 bits per heavy atom. The Labute approximate surface area is 157 Å². The van der Waals surface area contributed by atoms with E-state index in [4.69, 9.17) is 5.26 Å². The topological polar surface area (TPSA) is 60.2 Å². The Bertz CT molecular complexity index is 816. The van der Waals surface area contributed by atoms with Crippen molar-refractivity contribution in [1.29, 1.82) is 5.26 Å². The van der Waals surface area contributed by atoms with Gasteiger partial charge in [-0.1, -0.05) is 0 Å². The molecule has 2 aromatic rings. The van der Waals surface area contributed by atoms with E-state index in [1.165, 1.54) is 5.56 Å². The molecule has 1 atom stereocenters. The monoisotopic (exact) mass is 366 g/mol. The number of carbonyl (C=O) groups is 1. The van der Waals surface area contributed by atoms with Gasteiger partial charge in [-0.3, -0.25) is 4.79 Å². The van der Waals surface area contributed by atoms with Crippen LogP contribution in [0.15, 0.2) is 35.2 Å². The smallest absolute Gasteiger partial charge is 0.220 e. The van der Waals surface area contributed by atoms with Gasteiger partial charge in [-0.15, -0.1) is 0 Å². The van der Waals surface area contributed by atoms with Gasteiger partial charge >= 0.3 is 0 Å². The van der Waals surface area contributed by atoms with Gasteiger partial charge in [-0.25, -0.2) is 4.98 Å². The minimum Gasteiger partial charge on any atom is -0.357 e. The van der Waals surface area contributed by atoms with Gasteiger partial charge in [0.15, 0.2) is 0 Å². The van der Waals surface area contributed by atoms with Crippen LogP contribution in [-0.4, -0.2) is 34.9 Å². The normalized spacial score (nSPS) is 20.6. The zero-order chi connectivity index (χ0) is 18.1. The molecule has 0 bridgehead atoms. The molecule has 2 aromatic heterocycles. The molecule has 134 valence electrons. The van der Waals surface area contributed by atoms with Crippen LogP contribution >= 0.6 is 11.3 Å². The van der Waals surface area contributed by atoms with Crippen LogP contribution in [0.2, 0.25) is 0 Å². The van der Waals surface area contributed by atoms with E-state index in [0.717, 1.165) is 44.7 Å². The number of nitriles is 1. The minimum absolute atomic E-state index is 0.175. The highest BCUT2D eigenvalue weighted by Gasteiger charge is 2.58. The molecule has 4 rings (SSSR count). The summed E-state index contributed by atoms with van der Waals surface area (Å²) in [6.45, 7) is 4.33. The molecule has 0 aromatic carbocycles. The largest absolute Gasteiger partial charge is 0.357 e. The summed E-state index contributed by atoms with van der Waals surface area (Å²) in [7, 11) is 0. The maximum absolute atomic E-state index is 12.2. The summed E-state index contributed by atoms with van der Waals surface area (Å²) in [5.41, 5.74) is 2.10.